The molecular formula is C12H13N3O. The van der Waals surface area contributed by atoms with Crippen LogP contribution in [0.25, 0.3) is 0 Å². The highest BCUT2D eigenvalue weighted by Crippen LogP contribution is 2.05. The SMILES string of the molecule is OCc1ccc(NCc2ccccc2)nn1. The fraction of sp³-hybridized carbons (Fsp3) is 0.167. The average Bonchev–Trinajstić information content (AvgIpc) is 2.38. The summed E-state index contributed by atoms with van der Waals surface area (Å²) in [5.41, 5.74) is 1.76. The van der Waals surface area contributed by atoms with Crippen LogP contribution in [0.3, 0.4) is 0 Å². The molecule has 0 aliphatic rings. The first-order chi connectivity index (χ1) is 7.88. The molecule has 0 aliphatic carbocycles. The molecule has 0 aliphatic heterocycles. The van der Waals surface area contributed by atoms with E-state index < -0.39 is 0 Å². The Morgan fingerprint density at radius 1 is 1.00 bits per heavy atom. The van der Waals surface area contributed by atoms with Crippen LogP contribution in [0.4, 0.5) is 5.82 Å². The van der Waals surface area contributed by atoms with Gasteiger partial charge in [-0.15, -0.1) is 5.10 Å². The van der Waals surface area contributed by atoms with Crippen molar-refractivity contribution >= 4 is 5.82 Å². The fourth-order valence-electron chi connectivity index (χ4n) is 1.33. The minimum absolute atomic E-state index is 0.0774. The van der Waals surface area contributed by atoms with Crippen molar-refractivity contribution in [3.63, 3.8) is 0 Å². The van der Waals surface area contributed by atoms with Crippen molar-refractivity contribution in [2.45, 2.75) is 13.2 Å². The molecule has 4 heteroatoms. The van der Waals surface area contributed by atoms with Gasteiger partial charge in [0, 0.05) is 6.54 Å². The lowest BCUT2D eigenvalue weighted by atomic mass is 10.2. The molecule has 1 heterocycles. The lowest BCUT2D eigenvalue weighted by molar-refractivity contribution is 0.275. The van der Waals surface area contributed by atoms with E-state index in [0.717, 1.165) is 0 Å². The third-order valence-corrected chi connectivity index (χ3v) is 2.20. The van der Waals surface area contributed by atoms with Gasteiger partial charge in [0.1, 0.15) is 5.82 Å². The third-order valence-electron chi connectivity index (χ3n) is 2.20. The Morgan fingerprint density at radius 2 is 1.81 bits per heavy atom. The molecule has 2 rings (SSSR count). The lowest BCUT2D eigenvalue weighted by Crippen LogP contribution is -2.03. The van der Waals surface area contributed by atoms with Crippen LogP contribution in [0.5, 0.6) is 0 Å². The van der Waals surface area contributed by atoms with E-state index in [1.165, 1.54) is 5.56 Å². The molecule has 0 fully saturated rings. The molecule has 0 spiro atoms. The first kappa shape index (κ1) is 10.6. The second kappa shape index (κ2) is 5.23. The molecule has 16 heavy (non-hydrogen) atoms. The molecule has 0 radical (unpaired) electrons. The number of hydrogen-bond donors (Lipinski definition) is 2. The Balaban J connectivity index is 1.94. The van der Waals surface area contributed by atoms with Gasteiger partial charge in [0.05, 0.1) is 12.3 Å². The molecule has 4 nitrogen and oxygen atoms in total. The van der Waals surface area contributed by atoms with Crippen LogP contribution in [0.2, 0.25) is 0 Å². The van der Waals surface area contributed by atoms with Crippen LogP contribution in [-0.4, -0.2) is 15.3 Å². The Kier molecular flexibility index (Phi) is 3.46. The zero-order chi connectivity index (χ0) is 11.2. The van der Waals surface area contributed by atoms with E-state index in [2.05, 4.69) is 15.5 Å². The normalized spacial score (nSPS) is 10.1. The minimum Gasteiger partial charge on any atom is -0.390 e. The Hall–Kier alpha value is -1.94. The zero-order valence-electron chi connectivity index (χ0n) is 8.80. The molecule has 1 aromatic heterocycles. The third kappa shape index (κ3) is 2.77. The number of nitrogens with one attached hydrogen (secondary N) is 1. The Labute approximate surface area is 94.0 Å². The number of aromatic nitrogens is 2. The highest BCUT2D eigenvalue weighted by Gasteiger charge is 1.96. The molecule has 0 atom stereocenters. The molecule has 1 aromatic carbocycles. The highest BCUT2D eigenvalue weighted by atomic mass is 16.3. The molecule has 2 N–H and O–H groups in total. The van der Waals surface area contributed by atoms with Crippen molar-refractivity contribution in [3.8, 4) is 0 Å². The molecule has 0 bridgehead atoms. The molecule has 0 saturated carbocycles. The van der Waals surface area contributed by atoms with Crippen LogP contribution in [0, 0.1) is 0 Å². The van der Waals surface area contributed by atoms with E-state index in [-0.39, 0.29) is 6.61 Å². The summed E-state index contributed by atoms with van der Waals surface area (Å²) in [5.74, 6) is 0.709. The van der Waals surface area contributed by atoms with Crippen LogP contribution in [0.1, 0.15) is 11.3 Å². The summed E-state index contributed by atoms with van der Waals surface area (Å²) in [6.45, 7) is 0.639. The predicted molar refractivity (Wildman–Crippen MR) is 61.7 cm³/mol. The Bertz CT molecular complexity index is 428. The van der Waals surface area contributed by atoms with Crippen LogP contribution in [0.15, 0.2) is 42.5 Å². The monoisotopic (exact) mass is 215 g/mol. The number of aliphatic hydroxyl groups excluding tert-OH is 1. The van der Waals surface area contributed by atoms with Gasteiger partial charge < -0.3 is 10.4 Å². The van der Waals surface area contributed by atoms with Crippen LogP contribution in [-0.2, 0) is 13.2 Å². The van der Waals surface area contributed by atoms with Crippen molar-refractivity contribution < 1.29 is 5.11 Å². The molecule has 0 amide bonds. The number of rotatable bonds is 4. The minimum atomic E-state index is -0.0774. The van der Waals surface area contributed by atoms with Gasteiger partial charge in [-0.05, 0) is 17.7 Å². The summed E-state index contributed by atoms with van der Waals surface area (Å²) < 4.78 is 0. The number of benzene rings is 1. The smallest absolute Gasteiger partial charge is 0.148 e. The van der Waals surface area contributed by atoms with Crippen molar-refractivity contribution in [1.82, 2.24) is 10.2 Å². The second-order valence-electron chi connectivity index (χ2n) is 3.41. The van der Waals surface area contributed by atoms with Crippen LogP contribution >= 0.6 is 0 Å². The quantitative estimate of drug-likeness (QED) is 0.813. The van der Waals surface area contributed by atoms with Gasteiger partial charge in [0.2, 0.25) is 0 Å². The van der Waals surface area contributed by atoms with Gasteiger partial charge in [-0.25, -0.2) is 0 Å². The molecule has 0 unspecified atom stereocenters. The van der Waals surface area contributed by atoms with Crippen molar-refractivity contribution in [1.29, 1.82) is 0 Å². The van der Waals surface area contributed by atoms with Gasteiger partial charge in [-0.3, -0.25) is 0 Å². The molecule has 82 valence electrons. The van der Waals surface area contributed by atoms with Crippen molar-refractivity contribution in [2.24, 2.45) is 0 Å². The van der Waals surface area contributed by atoms with Gasteiger partial charge >= 0.3 is 0 Å². The fourth-order valence-corrected chi connectivity index (χ4v) is 1.33. The summed E-state index contributed by atoms with van der Waals surface area (Å²) in [5, 5.41) is 19.8. The van der Waals surface area contributed by atoms with Crippen LogP contribution < -0.4 is 5.32 Å². The van der Waals surface area contributed by atoms with Crippen molar-refractivity contribution in [3.05, 3.63) is 53.7 Å². The zero-order valence-corrected chi connectivity index (χ0v) is 8.80. The van der Waals surface area contributed by atoms with Gasteiger partial charge in [-0.1, -0.05) is 30.3 Å². The number of aliphatic hydroxyl groups is 1. The molecule has 0 saturated heterocycles. The summed E-state index contributed by atoms with van der Waals surface area (Å²) in [6.07, 6.45) is 0. The summed E-state index contributed by atoms with van der Waals surface area (Å²) in [6, 6.07) is 13.6. The standard InChI is InChI=1S/C12H13N3O/c16-9-11-6-7-12(15-14-11)13-8-10-4-2-1-3-5-10/h1-7,16H,8-9H2,(H,13,15). The van der Waals surface area contributed by atoms with E-state index in [1.54, 1.807) is 6.07 Å². The van der Waals surface area contributed by atoms with E-state index in [9.17, 15) is 0 Å². The van der Waals surface area contributed by atoms with E-state index in [1.807, 2.05) is 36.4 Å². The maximum absolute atomic E-state index is 8.81. The predicted octanol–water partition coefficient (Wildman–Crippen LogP) is 1.58. The molecule has 2 aromatic rings. The lowest BCUT2D eigenvalue weighted by Gasteiger charge is -2.04. The number of nitrogens with zero attached hydrogens (tertiary/aromatic N) is 2. The van der Waals surface area contributed by atoms with Gasteiger partial charge in [0.25, 0.3) is 0 Å². The number of hydrogen-bond acceptors (Lipinski definition) is 4. The summed E-state index contributed by atoms with van der Waals surface area (Å²) >= 11 is 0. The second-order valence-corrected chi connectivity index (χ2v) is 3.41. The van der Waals surface area contributed by atoms with Gasteiger partial charge in [-0.2, -0.15) is 5.10 Å². The van der Waals surface area contributed by atoms with Crippen molar-refractivity contribution in [2.75, 3.05) is 5.32 Å². The number of anilines is 1. The van der Waals surface area contributed by atoms with E-state index in [0.29, 0.717) is 18.1 Å². The van der Waals surface area contributed by atoms with E-state index in [4.69, 9.17) is 5.11 Å². The average molecular weight is 215 g/mol. The highest BCUT2D eigenvalue weighted by molar-refractivity contribution is 5.34. The Morgan fingerprint density at radius 3 is 2.44 bits per heavy atom. The topological polar surface area (TPSA) is 58.0 Å². The largest absolute Gasteiger partial charge is 0.390 e. The maximum Gasteiger partial charge on any atom is 0.148 e. The van der Waals surface area contributed by atoms with Gasteiger partial charge in [0.15, 0.2) is 0 Å². The summed E-state index contributed by atoms with van der Waals surface area (Å²) in [4.78, 5) is 0. The van der Waals surface area contributed by atoms with E-state index >= 15 is 0 Å². The molecular weight excluding hydrogens is 202 g/mol. The first-order valence-corrected chi connectivity index (χ1v) is 5.10. The summed E-state index contributed by atoms with van der Waals surface area (Å²) in [7, 11) is 0. The maximum atomic E-state index is 8.81. The first-order valence-electron chi connectivity index (χ1n) is 5.10.